The normalized spacial score (nSPS) is 18.0. The molecule has 2 N–H and O–H groups in total. The van der Waals surface area contributed by atoms with Gasteiger partial charge in [0.05, 0.1) is 27.0 Å². The first-order valence-electron chi connectivity index (χ1n) is 10.9. The fourth-order valence-corrected chi connectivity index (χ4v) is 4.10. The van der Waals surface area contributed by atoms with Crippen molar-refractivity contribution in [2.24, 2.45) is 0 Å². The summed E-state index contributed by atoms with van der Waals surface area (Å²) in [6.07, 6.45) is 3.58. The Morgan fingerprint density at radius 3 is 2.21 bits per heavy atom. The number of anilines is 3. The van der Waals surface area contributed by atoms with E-state index < -0.39 is 0 Å². The number of ether oxygens (including phenoxy) is 3. The summed E-state index contributed by atoms with van der Waals surface area (Å²) in [6.45, 7) is 6.26. The van der Waals surface area contributed by atoms with E-state index in [-0.39, 0.29) is 0 Å². The van der Waals surface area contributed by atoms with Gasteiger partial charge < -0.3 is 29.7 Å². The van der Waals surface area contributed by atoms with Crippen LogP contribution in [0, 0.1) is 0 Å². The monoisotopic (exact) mass is 450 g/mol. The van der Waals surface area contributed by atoms with Gasteiger partial charge in [-0.1, -0.05) is 0 Å². The van der Waals surface area contributed by atoms with Crippen LogP contribution in [0.1, 0.15) is 13.8 Å². The first-order valence-corrected chi connectivity index (χ1v) is 10.9. The molecule has 0 bridgehead atoms. The Bertz CT molecular complexity index is 1060. The van der Waals surface area contributed by atoms with Gasteiger partial charge in [0.2, 0.25) is 11.7 Å². The Balaban J connectivity index is 1.54. The summed E-state index contributed by atoms with van der Waals surface area (Å²) in [7, 11) is 4.73. The Morgan fingerprint density at radius 1 is 0.939 bits per heavy atom. The number of piperazine rings is 1. The van der Waals surface area contributed by atoms with E-state index in [0.717, 1.165) is 35.9 Å². The summed E-state index contributed by atoms with van der Waals surface area (Å²) in [5.74, 6) is 3.05. The van der Waals surface area contributed by atoms with Crippen molar-refractivity contribution in [3.63, 3.8) is 0 Å². The first kappa shape index (κ1) is 22.6. The Morgan fingerprint density at radius 2 is 1.64 bits per heavy atom. The number of rotatable bonds is 7. The van der Waals surface area contributed by atoms with Crippen molar-refractivity contribution >= 4 is 17.5 Å². The van der Waals surface area contributed by atoms with Crippen molar-refractivity contribution in [1.82, 2.24) is 20.3 Å². The van der Waals surface area contributed by atoms with Gasteiger partial charge in [-0.05, 0) is 32.0 Å². The fraction of sp³-hybridized carbons (Fsp3) is 0.375. The van der Waals surface area contributed by atoms with Gasteiger partial charge in [0.25, 0.3) is 0 Å². The van der Waals surface area contributed by atoms with E-state index in [1.807, 2.05) is 30.5 Å². The van der Waals surface area contributed by atoms with Gasteiger partial charge in [-0.25, -0.2) is 15.0 Å². The molecule has 4 rings (SSSR count). The Hall–Kier alpha value is -3.59. The number of nitrogens with one attached hydrogen (secondary N) is 2. The largest absolute Gasteiger partial charge is 0.493 e. The van der Waals surface area contributed by atoms with E-state index in [2.05, 4.69) is 45.4 Å². The molecular formula is C24H30N6O3. The highest BCUT2D eigenvalue weighted by Gasteiger charge is 2.22. The van der Waals surface area contributed by atoms with E-state index in [1.165, 1.54) is 0 Å². The molecule has 2 unspecified atom stereocenters. The highest BCUT2D eigenvalue weighted by molar-refractivity contribution is 5.67. The maximum Gasteiger partial charge on any atom is 0.227 e. The molecular weight excluding hydrogens is 420 g/mol. The maximum absolute atomic E-state index is 5.42. The van der Waals surface area contributed by atoms with Crippen LogP contribution in [0.2, 0.25) is 0 Å². The lowest BCUT2D eigenvalue weighted by Gasteiger charge is -2.36. The second-order valence-corrected chi connectivity index (χ2v) is 8.08. The number of aromatic nitrogens is 3. The molecule has 3 aromatic rings. The van der Waals surface area contributed by atoms with E-state index in [0.29, 0.717) is 35.3 Å². The number of hydrogen-bond donors (Lipinski definition) is 2. The van der Waals surface area contributed by atoms with Crippen molar-refractivity contribution in [2.45, 2.75) is 25.9 Å². The SMILES string of the molecule is COc1cc(Nc2nccc(-c3ccc(N4CC(C)NC(C)C4)nc3)n2)cc(OC)c1OC. The standard InChI is InChI=1S/C24H30N6O3/c1-15-13-30(14-16(2)27-15)22-7-6-17(12-26-22)19-8-9-25-24(29-19)28-18-10-20(31-3)23(33-5)21(11-18)32-4/h6-12,15-16,27H,13-14H2,1-5H3,(H,25,28,29). The zero-order valence-corrected chi connectivity index (χ0v) is 19.6. The average Bonchev–Trinajstić information content (AvgIpc) is 2.83. The van der Waals surface area contributed by atoms with Crippen LogP contribution in [0.4, 0.5) is 17.5 Å². The predicted octanol–water partition coefficient (Wildman–Crippen LogP) is 3.49. The van der Waals surface area contributed by atoms with E-state index >= 15 is 0 Å². The van der Waals surface area contributed by atoms with E-state index in [9.17, 15) is 0 Å². The molecule has 2 atom stereocenters. The molecule has 3 heterocycles. The molecule has 1 fully saturated rings. The fourth-order valence-electron chi connectivity index (χ4n) is 4.10. The maximum atomic E-state index is 5.42. The van der Waals surface area contributed by atoms with Gasteiger partial charge in [-0.2, -0.15) is 0 Å². The van der Waals surface area contributed by atoms with Gasteiger partial charge in [-0.15, -0.1) is 0 Å². The lowest BCUT2D eigenvalue weighted by molar-refractivity contribution is 0.324. The summed E-state index contributed by atoms with van der Waals surface area (Å²) in [4.78, 5) is 16.0. The summed E-state index contributed by atoms with van der Waals surface area (Å²) in [6, 6.07) is 10.4. The van der Waals surface area contributed by atoms with Crippen LogP contribution in [0.15, 0.2) is 42.7 Å². The molecule has 1 aliphatic heterocycles. The van der Waals surface area contributed by atoms with Crippen LogP contribution in [-0.2, 0) is 0 Å². The van der Waals surface area contributed by atoms with Gasteiger partial charge in [0, 0.05) is 61.0 Å². The third-order valence-electron chi connectivity index (χ3n) is 5.50. The molecule has 0 radical (unpaired) electrons. The third-order valence-corrected chi connectivity index (χ3v) is 5.50. The molecule has 33 heavy (non-hydrogen) atoms. The van der Waals surface area contributed by atoms with Crippen molar-refractivity contribution in [2.75, 3.05) is 44.6 Å². The first-order chi connectivity index (χ1) is 16.0. The molecule has 174 valence electrons. The van der Waals surface area contributed by atoms with Gasteiger partial charge in [0.1, 0.15) is 5.82 Å². The number of hydrogen-bond acceptors (Lipinski definition) is 9. The molecule has 1 saturated heterocycles. The molecule has 1 aliphatic rings. The zero-order chi connectivity index (χ0) is 23.4. The molecule has 1 aromatic carbocycles. The van der Waals surface area contributed by atoms with Crippen LogP contribution in [-0.4, -0.2) is 61.5 Å². The van der Waals surface area contributed by atoms with Gasteiger partial charge in [0.15, 0.2) is 11.5 Å². The van der Waals surface area contributed by atoms with Crippen molar-refractivity contribution in [3.05, 3.63) is 42.7 Å². The summed E-state index contributed by atoms with van der Waals surface area (Å²) < 4.78 is 16.2. The van der Waals surface area contributed by atoms with Crippen molar-refractivity contribution in [3.8, 4) is 28.5 Å². The Labute approximate surface area is 194 Å². The summed E-state index contributed by atoms with van der Waals surface area (Å²) >= 11 is 0. The molecule has 9 nitrogen and oxygen atoms in total. The third kappa shape index (κ3) is 5.09. The van der Waals surface area contributed by atoms with Crippen molar-refractivity contribution in [1.29, 1.82) is 0 Å². The van der Waals surface area contributed by atoms with Crippen LogP contribution in [0.5, 0.6) is 17.2 Å². The highest BCUT2D eigenvalue weighted by Crippen LogP contribution is 2.40. The molecule has 0 saturated carbocycles. The minimum Gasteiger partial charge on any atom is -0.493 e. The van der Waals surface area contributed by atoms with E-state index in [4.69, 9.17) is 19.2 Å². The molecule has 2 aromatic heterocycles. The van der Waals surface area contributed by atoms with Crippen LogP contribution < -0.4 is 29.7 Å². The van der Waals surface area contributed by atoms with Crippen LogP contribution in [0.3, 0.4) is 0 Å². The van der Waals surface area contributed by atoms with Crippen molar-refractivity contribution < 1.29 is 14.2 Å². The highest BCUT2D eigenvalue weighted by atomic mass is 16.5. The molecule has 0 amide bonds. The Kier molecular flexibility index (Phi) is 6.79. The number of methoxy groups -OCH3 is 3. The summed E-state index contributed by atoms with van der Waals surface area (Å²) in [5, 5.41) is 6.76. The topological polar surface area (TPSA) is 93.7 Å². The predicted molar refractivity (Wildman–Crippen MR) is 129 cm³/mol. The van der Waals surface area contributed by atoms with Gasteiger partial charge in [-0.3, -0.25) is 0 Å². The second kappa shape index (κ2) is 9.91. The van der Waals surface area contributed by atoms with E-state index in [1.54, 1.807) is 27.5 Å². The smallest absolute Gasteiger partial charge is 0.227 e. The number of nitrogens with zero attached hydrogens (tertiary/aromatic N) is 4. The average molecular weight is 451 g/mol. The minimum absolute atomic E-state index is 0.431. The van der Waals surface area contributed by atoms with Crippen LogP contribution in [0.25, 0.3) is 11.3 Å². The second-order valence-electron chi connectivity index (χ2n) is 8.08. The lowest BCUT2D eigenvalue weighted by Crippen LogP contribution is -2.54. The molecule has 0 spiro atoms. The van der Waals surface area contributed by atoms with Crippen LogP contribution >= 0.6 is 0 Å². The number of benzene rings is 1. The van der Waals surface area contributed by atoms with Gasteiger partial charge >= 0.3 is 0 Å². The quantitative estimate of drug-likeness (QED) is 0.561. The molecule has 0 aliphatic carbocycles. The number of pyridine rings is 1. The lowest BCUT2D eigenvalue weighted by atomic mass is 10.1. The zero-order valence-electron chi connectivity index (χ0n) is 19.6. The summed E-state index contributed by atoms with van der Waals surface area (Å²) in [5.41, 5.74) is 2.42. The molecule has 9 heteroatoms. The minimum atomic E-state index is 0.431.